The summed E-state index contributed by atoms with van der Waals surface area (Å²) in [4.78, 5) is 81.5. The molecule has 4 N–H and O–H groups in total. The highest BCUT2D eigenvalue weighted by Gasteiger charge is 2.58. The lowest BCUT2D eigenvalue weighted by Crippen LogP contribution is -2.76. The monoisotopic (exact) mass is 962 g/mol. The molecule has 67 heavy (non-hydrogen) atoms. The molecule has 0 saturated carbocycles. The largest absolute Gasteiger partial charge is 0.487 e. The maximum atomic E-state index is 14.3. The molecule has 2 aliphatic heterocycles. The van der Waals surface area contributed by atoms with E-state index in [1.165, 1.54) is 24.1 Å². The van der Waals surface area contributed by atoms with Gasteiger partial charge < -0.3 is 38.8 Å². The summed E-state index contributed by atoms with van der Waals surface area (Å²) in [6.45, 7) is 7.97. The first-order valence-electron chi connectivity index (χ1n) is 20.5. The smallest absolute Gasteiger partial charge is 0.418 e. The molecular formula is C43H46N8O14S2. The summed E-state index contributed by atoms with van der Waals surface area (Å²) in [6, 6.07) is 19.7. The van der Waals surface area contributed by atoms with E-state index in [2.05, 4.69) is 30.0 Å². The van der Waals surface area contributed by atoms with Crippen LogP contribution in [0, 0.1) is 5.92 Å². The Balaban J connectivity index is 1.18. The predicted octanol–water partition coefficient (Wildman–Crippen LogP) is 4.63. The number of anilines is 1. The van der Waals surface area contributed by atoms with E-state index in [-0.39, 0.29) is 22.5 Å². The van der Waals surface area contributed by atoms with Crippen LogP contribution in [0.2, 0.25) is 0 Å². The number of fused-ring (bicyclic) bond motifs is 1. The van der Waals surface area contributed by atoms with Crippen molar-refractivity contribution < 1.29 is 65.4 Å². The number of benzene rings is 2. The van der Waals surface area contributed by atoms with Gasteiger partial charge in [0.05, 0.1) is 17.4 Å². The molecule has 0 aliphatic carbocycles. The van der Waals surface area contributed by atoms with Gasteiger partial charge in [-0.05, 0) is 70.2 Å². The summed E-state index contributed by atoms with van der Waals surface area (Å²) in [6.07, 6.45) is -0.486. The number of carboxylic acid groups (broad SMARTS) is 1. The van der Waals surface area contributed by atoms with E-state index in [1.54, 1.807) is 110 Å². The molecule has 24 heteroatoms. The fourth-order valence-electron chi connectivity index (χ4n) is 7.02. The van der Waals surface area contributed by atoms with Crippen LogP contribution in [0.3, 0.4) is 0 Å². The normalized spacial score (nSPS) is 16.7. The quantitative estimate of drug-likeness (QED) is 0.0325. The average molecular weight is 963 g/mol. The number of nitrogens with zero attached hydrogens (tertiary/aromatic N) is 6. The lowest BCUT2D eigenvalue weighted by molar-refractivity contribution is -0.218. The van der Waals surface area contributed by atoms with Gasteiger partial charge >= 0.3 is 28.6 Å². The van der Waals surface area contributed by atoms with Crippen LogP contribution in [-0.2, 0) is 49.8 Å². The maximum Gasteiger partial charge on any atom is 0.418 e. The fraction of sp³-hybridized carbons (Fsp3) is 0.349. The van der Waals surface area contributed by atoms with Crippen molar-refractivity contribution >= 4 is 68.2 Å². The maximum absolute atomic E-state index is 14.3. The number of rotatable bonds is 17. The Kier molecular flexibility index (Phi) is 13.8. The zero-order valence-corrected chi connectivity index (χ0v) is 38.2. The number of amides is 4. The van der Waals surface area contributed by atoms with Crippen LogP contribution in [0.1, 0.15) is 63.2 Å². The molecule has 354 valence electrons. The minimum atomic E-state index is -5.11. The van der Waals surface area contributed by atoms with Crippen LogP contribution in [0.5, 0.6) is 5.75 Å². The van der Waals surface area contributed by atoms with Crippen molar-refractivity contribution in [3.63, 3.8) is 0 Å². The Labute approximate surface area is 387 Å². The molecule has 1 unspecified atom stereocenters. The number of carbonyl (C=O) groups is 5. The topological polar surface area (TPSA) is 279 Å². The van der Waals surface area contributed by atoms with E-state index in [4.69, 9.17) is 19.0 Å². The van der Waals surface area contributed by atoms with Gasteiger partial charge in [-0.2, -0.15) is 13.5 Å². The molecule has 2 aromatic carbocycles. The summed E-state index contributed by atoms with van der Waals surface area (Å²) < 4.78 is 55.8. The van der Waals surface area contributed by atoms with E-state index in [9.17, 15) is 42.0 Å². The van der Waals surface area contributed by atoms with Gasteiger partial charge in [-0.1, -0.05) is 65.8 Å². The summed E-state index contributed by atoms with van der Waals surface area (Å²) in [7, 11) is -5.11. The zero-order chi connectivity index (χ0) is 48.3. The third kappa shape index (κ3) is 11.8. The number of nitrogens with one attached hydrogen (secondary N) is 2. The number of hydroxylamine groups is 2. The van der Waals surface area contributed by atoms with Gasteiger partial charge in [0.25, 0.3) is 17.9 Å². The van der Waals surface area contributed by atoms with Gasteiger partial charge in [0.2, 0.25) is 0 Å². The number of imidazole rings is 1. The summed E-state index contributed by atoms with van der Waals surface area (Å²) >= 11 is 0.880. The van der Waals surface area contributed by atoms with Crippen LogP contribution in [0.4, 0.5) is 14.7 Å². The first kappa shape index (κ1) is 47.8. The second-order valence-corrected chi connectivity index (χ2v) is 18.8. The van der Waals surface area contributed by atoms with Crippen molar-refractivity contribution in [2.75, 3.05) is 25.0 Å². The number of likely N-dealkylation sites (tertiary alicyclic amines) is 1. The number of hydrogen-bond acceptors (Lipinski definition) is 16. The minimum absolute atomic E-state index is 0.0293. The van der Waals surface area contributed by atoms with Crippen LogP contribution in [0.15, 0.2) is 95.7 Å². The van der Waals surface area contributed by atoms with Gasteiger partial charge in [0, 0.05) is 24.7 Å². The first-order valence-corrected chi connectivity index (χ1v) is 22.8. The number of thiazole rings is 1. The molecule has 3 aromatic heterocycles. The molecule has 2 aliphatic rings. The molecule has 7 rings (SSSR count). The van der Waals surface area contributed by atoms with Crippen molar-refractivity contribution in [3.8, 4) is 5.75 Å². The van der Waals surface area contributed by atoms with Gasteiger partial charge in [0.1, 0.15) is 35.3 Å². The number of carbonyl (C=O) groups excluding carboxylic acids is 4. The predicted molar refractivity (Wildman–Crippen MR) is 237 cm³/mol. The highest BCUT2D eigenvalue weighted by Crippen LogP contribution is 2.33. The van der Waals surface area contributed by atoms with E-state index < -0.39 is 82.1 Å². The second-order valence-electron chi connectivity index (χ2n) is 17.0. The Morgan fingerprint density at radius 2 is 1.63 bits per heavy atom. The van der Waals surface area contributed by atoms with E-state index >= 15 is 0 Å². The van der Waals surface area contributed by atoms with E-state index in [0.717, 1.165) is 17.0 Å². The number of ether oxygens (including phenoxy) is 3. The lowest BCUT2D eigenvalue weighted by Gasteiger charge is -2.50. The van der Waals surface area contributed by atoms with Crippen molar-refractivity contribution in [3.05, 3.63) is 113 Å². The standard InChI is InChI=1S/C43H46N8O14S2/c1-42(2,3)63-40(55)47-39-45-30(24-66-39)33(36(52)46-35-37(53)51(43(35,4)5)65-67(58,59)60)48-64-31(38(54)62-34(26-12-8-6-9-13-26)27-14-10-7-11-15-27)23-61-29-16-17-32-44-28(21-49(32)22-29)18-25-19-50(20-25)41(56)57/h6-17,21-22,24-25,31,34-35H,18-20,23H2,1-5H3,(H,46,52)(H,56,57)(H,45,47,55)(H,58,59,60)/b48-33-/t31?,35-/m1/s1. The molecule has 5 heterocycles. The van der Waals surface area contributed by atoms with Gasteiger partial charge in [0.15, 0.2) is 16.9 Å². The van der Waals surface area contributed by atoms with E-state index in [1.807, 2.05) is 0 Å². The molecule has 2 saturated heterocycles. The third-order valence-corrected chi connectivity index (χ3v) is 11.4. The Morgan fingerprint density at radius 1 is 0.970 bits per heavy atom. The molecular weight excluding hydrogens is 917 g/mol. The summed E-state index contributed by atoms with van der Waals surface area (Å²) in [5, 5.41) is 19.9. The van der Waals surface area contributed by atoms with Crippen molar-refractivity contribution in [2.24, 2.45) is 11.1 Å². The zero-order valence-electron chi connectivity index (χ0n) is 36.6. The Morgan fingerprint density at radius 3 is 2.22 bits per heavy atom. The van der Waals surface area contributed by atoms with Crippen molar-refractivity contribution in [1.82, 2.24) is 29.6 Å². The average Bonchev–Trinajstić information content (AvgIpc) is 3.88. The number of aromatic nitrogens is 3. The fourth-order valence-corrected chi connectivity index (χ4v) is 8.15. The minimum Gasteiger partial charge on any atom is -0.487 e. The molecule has 2 fully saturated rings. The molecule has 0 bridgehead atoms. The van der Waals surface area contributed by atoms with Crippen LogP contribution in [0.25, 0.3) is 5.65 Å². The highest BCUT2D eigenvalue weighted by molar-refractivity contribution is 7.80. The lowest BCUT2D eigenvalue weighted by atomic mass is 9.84. The second kappa shape index (κ2) is 19.4. The van der Waals surface area contributed by atoms with Gasteiger partial charge in [-0.25, -0.2) is 24.4 Å². The number of esters is 1. The van der Waals surface area contributed by atoms with Crippen molar-refractivity contribution in [1.29, 1.82) is 0 Å². The van der Waals surface area contributed by atoms with E-state index in [0.29, 0.717) is 41.3 Å². The Hall–Kier alpha value is -7.15. The number of β-lactam (4-membered cyclic amide) rings is 1. The molecule has 4 amide bonds. The third-order valence-electron chi connectivity index (χ3n) is 10.3. The summed E-state index contributed by atoms with van der Waals surface area (Å²) in [5.74, 6) is -2.72. The number of pyridine rings is 1. The van der Waals surface area contributed by atoms with Crippen molar-refractivity contribution in [2.45, 2.75) is 70.4 Å². The number of hydrogen-bond donors (Lipinski definition) is 4. The SMILES string of the molecule is CC(C)(C)OC(=O)Nc1nc(/C(=N/OC(COc2ccc3nc(CC4CN(C(=O)O)C4)cn3c2)C(=O)OC(c2ccccc2)c2ccccc2)C(=O)N[C@@H]2C(=O)N(OS(=O)(=O)O)C2(C)C)cs1. The Bertz CT molecular complexity index is 2750. The summed E-state index contributed by atoms with van der Waals surface area (Å²) in [5.41, 5.74) is -0.612. The molecule has 22 nitrogen and oxygen atoms in total. The first-order chi connectivity index (χ1) is 31.6. The molecule has 0 spiro atoms. The molecule has 0 radical (unpaired) electrons. The van der Waals surface area contributed by atoms with Crippen LogP contribution >= 0.6 is 11.3 Å². The molecule has 5 aromatic rings. The number of oxime groups is 1. The van der Waals surface area contributed by atoms with Crippen LogP contribution in [-0.4, -0.2) is 121 Å². The van der Waals surface area contributed by atoms with Gasteiger partial charge in [-0.3, -0.25) is 19.5 Å². The molecule has 2 atom stereocenters. The van der Waals surface area contributed by atoms with Crippen LogP contribution < -0.4 is 15.4 Å². The highest BCUT2D eigenvalue weighted by atomic mass is 32.3. The van der Waals surface area contributed by atoms with Gasteiger partial charge in [-0.15, -0.1) is 15.6 Å².